The number of para-hydroxylation sites is 3. The first-order valence-electron chi connectivity index (χ1n) is 10.3. The first-order chi connectivity index (χ1) is 15.9. The summed E-state index contributed by atoms with van der Waals surface area (Å²) < 4.78 is 30.9. The molecule has 1 amide bonds. The van der Waals surface area contributed by atoms with Crippen LogP contribution in [0, 0.1) is 12.7 Å². The Labute approximate surface area is 189 Å². The van der Waals surface area contributed by atoms with Gasteiger partial charge in [-0.05, 0) is 49.7 Å². The SMILES string of the molecule is COc1ccccc1OC(C)C(=O)Nc1c(C(=O)c2ccc(C)c(F)c2)oc2ccccc12. The number of ketones is 1. The molecule has 1 N–H and O–H groups in total. The van der Waals surface area contributed by atoms with Crippen LogP contribution in [-0.4, -0.2) is 24.9 Å². The van der Waals surface area contributed by atoms with Crippen LogP contribution in [0.25, 0.3) is 11.0 Å². The zero-order valence-corrected chi connectivity index (χ0v) is 18.3. The van der Waals surface area contributed by atoms with E-state index in [-0.39, 0.29) is 17.0 Å². The van der Waals surface area contributed by atoms with E-state index in [0.29, 0.717) is 28.0 Å². The minimum atomic E-state index is -0.908. The van der Waals surface area contributed by atoms with Gasteiger partial charge >= 0.3 is 0 Å². The molecule has 0 aliphatic carbocycles. The maximum absolute atomic E-state index is 14.1. The molecule has 0 radical (unpaired) electrons. The number of nitrogens with one attached hydrogen (secondary N) is 1. The number of hydrogen-bond donors (Lipinski definition) is 1. The minimum absolute atomic E-state index is 0.0858. The van der Waals surface area contributed by atoms with Crippen molar-refractivity contribution in [2.45, 2.75) is 20.0 Å². The quantitative estimate of drug-likeness (QED) is 0.377. The Morgan fingerprint density at radius 2 is 1.70 bits per heavy atom. The van der Waals surface area contributed by atoms with Gasteiger partial charge in [-0.15, -0.1) is 0 Å². The summed E-state index contributed by atoms with van der Waals surface area (Å²) in [7, 11) is 1.51. The van der Waals surface area contributed by atoms with Crippen molar-refractivity contribution in [3.8, 4) is 11.5 Å². The van der Waals surface area contributed by atoms with Gasteiger partial charge in [0, 0.05) is 10.9 Å². The Hall–Kier alpha value is -4.13. The van der Waals surface area contributed by atoms with Crippen molar-refractivity contribution in [2.75, 3.05) is 12.4 Å². The molecule has 0 fully saturated rings. The zero-order valence-electron chi connectivity index (χ0n) is 18.3. The largest absolute Gasteiger partial charge is 0.493 e. The summed E-state index contributed by atoms with van der Waals surface area (Å²) in [5.74, 6) is -0.719. The van der Waals surface area contributed by atoms with Crippen molar-refractivity contribution in [1.29, 1.82) is 0 Å². The van der Waals surface area contributed by atoms with Crippen molar-refractivity contribution in [1.82, 2.24) is 0 Å². The summed E-state index contributed by atoms with van der Waals surface area (Å²) in [6.07, 6.45) is -0.908. The predicted octanol–water partition coefficient (Wildman–Crippen LogP) is 5.53. The lowest BCUT2D eigenvalue weighted by atomic mass is 10.0. The van der Waals surface area contributed by atoms with E-state index in [1.54, 1.807) is 62.4 Å². The molecule has 0 bridgehead atoms. The molecule has 4 aromatic rings. The molecule has 4 rings (SSSR count). The average molecular weight is 447 g/mol. The second-order valence-electron chi connectivity index (χ2n) is 7.50. The lowest BCUT2D eigenvalue weighted by molar-refractivity contribution is -0.122. The van der Waals surface area contributed by atoms with E-state index in [0.717, 1.165) is 6.07 Å². The molecule has 33 heavy (non-hydrogen) atoms. The smallest absolute Gasteiger partial charge is 0.265 e. The lowest BCUT2D eigenvalue weighted by Crippen LogP contribution is -2.30. The number of rotatable bonds is 7. The summed E-state index contributed by atoms with van der Waals surface area (Å²) >= 11 is 0. The fraction of sp³-hybridized carbons (Fsp3) is 0.154. The maximum Gasteiger partial charge on any atom is 0.265 e. The standard InChI is InChI=1S/C26H22FNO5/c1-15-12-13-17(14-19(15)27)24(29)25-23(18-8-4-5-9-20(18)33-25)28-26(30)16(2)32-22-11-7-6-10-21(22)31-3/h4-14,16H,1-3H3,(H,28,30). The molecule has 7 heteroatoms. The number of anilines is 1. The molecule has 0 aliphatic rings. The molecular formula is C26H22FNO5. The Morgan fingerprint density at radius 3 is 2.42 bits per heavy atom. The van der Waals surface area contributed by atoms with Gasteiger partial charge < -0.3 is 19.2 Å². The summed E-state index contributed by atoms with van der Waals surface area (Å²) in [5.41, 5.74) is 1.16. The maximum atomic E-state index is 14.1. The normalized spacial score (nSPS) is 11.8. The predicted molar refractivity (Wildman–Crippen MR) is 122 cm³/mol. The van der Waals surface area contributed by atoms with Gasteiger partial charge in [0.1, 0.15) is 11.4 Å². The minimum Gasteiger partial charge on any atom is -0.493 e. The number of carbonyl (C=O) groups excluding carboxylic acids is 2. The number of fused-ring (bicyclic) bond motifs is 1. The second-order valence-corrected chi connectivity index (χ2v) is 7.50. The average Bonchev–Trinajstić information content (AvgIpc) is 3.19. The molecule has 1 aromatic heterocycles. The first-order valence-corrected chi connectivity index (χ1v) is 10.3. The molecule has 0 aliphatic heterocycles. The fourth-order valence-corrected chi connectivity index (χ4v) is 3.38. The van der Waals surface area contributed by atoms with Crippen LogP contribution in [-0.2, 0) is 4.79 Å². The number of aryl methyl sites for hydroxylation is 1. The number of carbonyl (C=O) groups is 2. The molecule has 3 aromatic carbocycles. The third kappa shape index (κ3) is 4.43. The van der Waals surface area contributed by atoms with Crippen LogP contribution < -0.4 is 14.8 Å². The van der Waals surface area contributed by atoms with E-state index in [2.05, 4.69) is 5.32 Å². The van der Waals surface area contributed by atoms with Gasteiger partial charge in [-0.25, -0.2) is 4.39 Å². The van der Waals surface area contributed by atoms with E-state index >= 15 is 0 Å². The van der Waals surface area contributed by atoms with Gasteiger partial charge in [-0.1, -0.05) is 36.4 Å². The van der Waals surface area contributed by atoms with Crippen molar-refractivity contribution in [3.05, 3.63) is 89.4 Å². The van der Waals surface area contributed by atoms with Crippen LogP contribution >= 0.6 is 0 Å². The number of benzene rings is 3. The lowest BCUT2D eigenvalue weighted by Gasteiger charge is -2.16. The summed E-state index contributed by atoms with van der Waals surface area (Å²) in [4.78, 5) is 26.1. The number of methoxy groups -OCH3 is 1. The highest BCUT2D eigenvalue weighted by molar-refractivity contribution is 6.17. The van der Waals surface area contributed by atoms with E-state index in [4.69, 9.17) is 13.9 Å². The van der Waals surface area contributed by atoms with Gasteiger partial charge in [0.2, 0.25) is 5.78 Å². The van der Waals surface area contributed by atoms with Crippen LogP contribution in [0.15, 0.2) is 71.1 Å². The molecule has 168 valence electrons. The number of ether oxygens (including phenoxy) is 2. The highest BCUT2D eigenvalue weighted by Gasteiger charge is 2.26. The van der Waals surface area contributed by atoms with Crippen LogP contribution in [0.1, 0.15) is 28.6 Å². The molecule has 0 saturated heterocycles. The Morgan fingerprint density at radius 1 is 1.00 bits per heavy atom. The monoisotopic (exact) mass is 447 g/mol. The van der Waals surface area contributed by atoms with Crippen LogP contribution in [0.4, 0.5) is 10.1 Å². The van der Waals surface area contributed by atoms with Gasteiger partial charge in [-0.2, -0.15) is 0 Å². The first kappa shape index (κ1) is 22.1. The van der Waals surface area contributed by atoms with E-state index in [9.17, 15) is 14.0 Å². The number of amides is 1. The van der Waals surface area contributed by atoms with Crippen LogP contribution in [0.2, 0.25) is 0 Å². The molecule has 6 nitrogen and oxygen atoms in total. The third-order valence-corrected chi connectivity index (χ3v) is 5.23. The Bertz CT molecular complexity index is 1340. The molecule has 1 atom stereocenters. The third-order valence-electron chi connectivity index (χ3n) is 5.23. The molecule has 1 unspecified atom stereocenters. The second kappa shape index (κ2) is 9.16. The van der Waals surface area contributed by atoms with Crippen molar-refractivity contribution >= 4 is 28.3 Å². The summed E-state index contributed by atoms with van der Waals surface area (Å²) in [5, 5.41) is 3.30. The molecule has 1 heterocycles. The van der Waals surface area contributed by atoms with E-state index in [1.165, 1.54) is 19.2 Å². The van der Waals surface area contributed by atoms with Crippen molar-refractivity contribution in [2.24, 2.45) is 0 Å². The number of hydrogen-bond acceptors (Lipinski definition) is 5. The summed E-state index contributed by atoms with van der Waals surface area (Å²) in [6, 6.07) is 18.1. The van der Waals surface area contributed by atoms with Crippen molar-refractivity contribution < 1.29 is 27.9 Å². The van der Waals surface area contributed by atoms with Crippen molar-refractivity contribution in [3.63, 3.8) is 0 Å². The number of halogens is 1. The fourth-order valence-electron chi connectivity index (χ4n) is 3.38. The Balaban J connectivity index is 1.66. The Kier molecular flexibility index (Phi) is 6.13. The molecule has 0 saturated carbocycles. The summed E-state index contributed by atoms with van der Waals surface area (Å²) in [6.45, 7) is 3.19. The van der Waals surface area contributed by atoms with E-state index in [1.807, 2.05) is 0 Å². The zero-order chi connectivity index (χ0) is 23.5. The van der Waals surface area contributed by atoms with Crippen LogP contribution in [0.3, 0.4) is 0 Å². The highest BCUT2D eigenvalue weighted by atomic mass is 19.1. The van der Waals surface area contributed by atoms with Gasteiger partial charge in [-0.3, -0.25) is 9.59 Å². The highest BCUT2D eigenvalue weighted by Crippen LogP contribution is 2.33. The molecule has 0 spiro atoms. The van der Waals surface area contributed by atoms with Crippen LogP contribution in [0.5, 0.6) is 11.5 Å². The molecular weight excluding hydrogens is 425 g/mol. The topological polar surface area (TPSA) is 77.8 Å². The van der Waals surface area contributed by atoms with Gasteiger partial charge in [0.25, 0.3) is 5.91 Å². The van der Waals surface area contributed by atoms with Gasteiger partial charge in [0.05, 0.1) is 12.8 Å². The number of furan rings is 1. The van der Waals surface area contributed by atoms with E-state index < -0.39 is 23.6 Å². The van der Waals surface area contributed by atoms with Gasteiger partial charge in [0.15, 0.2) is 23.4 Å².